The second kappa shape index (κ2) is 5.10. The van der Waals surface area contributed by atoms with Crippen LogP contribution in [0.2, 0.25) is 0 Å². The van der Waals surface area contributed by atoms with Gasteiger partial charge in [-0.1, -0.05) is 6.92 Å². The standard InChI is InChI=1S/C12H20N2S/c1-9-4-6-15-12(9)8-14-11-3-5-13-7-10(11)2/h4,6,10-11,13-14H,3,5,7-8H2,1-2H3. The van der Waals surface area contributed by atoms with Crippen LogP contribution in [0.3, 0.4) is 0 Å². The average molecular weight is 224 g/mol. The van der Waals surface area contributed by atoms with Gasteiger partial charge in [-0.3, -0.25) is 0 Å². The fraction of sp³-hybridized carbons (Fsp3) is 0.667. The van der Waals surface area contributed by atoms with Crippen LogP contribution in [0.25, 0.3) is 0 Å². The second-order valence-electron chi connectivity index (χ2n) is 4.48. The minimum atomic E-state index is 0.688. The van der Waals surface area contributed by atoms with E-state index in [2.05, 4.69) is 35.9 Å². The molecule has 2 rings (SSSR count). The molecule has 1 fully saturated rings. The first kappa shape index (κ1) is 11.1. The third kappa shape index (κ3) is 2.80. The molecule has 1 saturated heterocycles. The molecule has 2 atom stereocenters. The van der Waals surface area contributed by atoms with E-state index < -0.39 is 0 Å². The predicted octanol–water partition coefficient (Wildman–Crippen LogP) is 2.14. The second-order valence-corrected chi connectivity index (χ2v) is 5.48. The molecule has 2 nitrogen and oxygen atoms in total. The molecule has 0 bridgehead atoms. The predicted molar refractivity (Wildman–Crippen MR) is 66.3 cm³/mol. The Balaban J connectivity index is 1.84. The van der Waals surface area contributed by atoms with Crippen LogP contribution in [0.4, 0.5) is 0 Å². The Labute approximate surface area is 96.1 Å². The summed E-state index contributed by atoms with van der Waals surface area (Å²) in [5, 5.41) is 9.30. The molecule has 1 aromatic heterocycles. The van der Waals surface area contributed by atoms with Gasteiger partial charge in [0.15, 0.2) is 0 Å². The summed E-state index contributed by atoms with van der Waals surface area (Å²) in [7, 11) is 0. The van der Waals surface area contributed by atoms with Crippen LogP contribution in [-0.4, -0.2) is 19.1 Å². The number of thiophene rings is 1. The number of nitrogens with one attached hydrogen (secondary N) is 2. The highest BCUT2D eigenvalue weighted by Crippen LogP contribution is 2.17. The monoisotopic (exact) mass is 224 g/mol. The van der Waals surface area contributed by atoms with Crippen molar-refractivity contribution in [3.8, 4) is 0 Å². The SMILES string of the molecule is Cc1ccsc1CNC1CCNCC1C. The summed E-state index contributed by atoms with van der Waals surface area (Å²) in [4.78, 5) is 1.49. The van der Waals surface area contributed by atoms with E-state index in [1.165, 1.54) is 16.9 Å². The van der Waals surface area contributed by atoms with Crippen LogP contribution in [-0.2, 0) is 6.54 Å². The molecule has 0 amide bonds. The van der Waals surface area contributed by atoms with E-state index in [9.17, 15) is 0 Å². The minimum absolute atomic E-state index is 0.688. The molecule has 2 heterocycles. The number of rotatable bonds is 3. The first-order valence-corrected chi connectivity index (χ1v) is 6.62. The van der Waals surface area contributed by atoms with Crippen molar-refractivity contribution in [2.75, 3.05) is 13.1 Å². The maximum absolute atomic E-state index is 3.68. The number of piperidine rings is 1. The highest BCUT2D eigenvalue weighted by Gasteiger charge is 2.20. The van der Waals surface area contributed by atoms with Gasteiger partial charge in [-0.15, -0.1) is 11.3 Å². The molecule has 15 heavy (non-hydrogen) atoms. The molecule has 0 spiro atoms. The van der Waals surface area contributed by atoms with Crippen LogP contribution in [0.1, 0.15) is 23.8 Å². The van der Waals surface area contributed by atoms with Crippen molar-refractivity contribution < 1.29 is 0 Å². The third-order valence-electron chi connectivity index (χ3n) is 3.28. The fourth-order valence-electron chi connectivity index (χ4n) is 2.13. The van der Waals surface area contributed by atoms with E-state index in [4.69, 9.17) is 0 Å². The van der Waals surface area contributed by atoms with Crippen molar-refractivity contribution in [1.82, 2.24) is 10.6 Å². The van der Waals surface area contributed by atoms with Crippen molar-refractivity contribution in [3.63, 3.8) is 0 Å². The fourth-order valence-corrected chi connectivity index (χ4v) is 2.98. The zero-order chi connectivity index (χ0) is 10.7. The Hall–Kier alpha value is -0.380. The van der Waals surface area contributed by atoms with Gasteiger partial charge >= 0.3 is 0 Å². The first-order valence-electron chi connectivity index (χ1n) is 5.74. The summed E-state index contributed by atoms with van der Waals surface area (Å²) in [6.07, 6.45) is 1.26. The Morgan fingerprint density at radius 1 is 1.60 bits per heavy atom. The van der Waals surface area contributed by atoms with Crippen molar-refractivity contribution in [3.05, 3.63) is 21.9 Å². The van der Waals surface area contributed by atoms with E-state index in [0.717, 1.165) is 25.6 Å². The van der Waals surface area contributed by atoms with Crippen LogP contribution in [0, 0.1) is 12.8 Å². The van der Waals surface area contributed by atoms with Gasteiger partial charge in [0.05, 0.1) is 0 Å². The minimum Gasteiger partial charge on any atom is -0.316 e. The molecule has 84 valence electrons. The summed E-state index contributed by atoms with van der Waals surface area (Å²) in [5.74, 6) is 0.749. The zero-order valence-corrected chi connectivity index (χ0v) is 10.4. The maximum atomic E-state index is 3.68. The molecule has 0 aliphatic carbocycles. The topological polar surface area (TPSA) is 24.1 Å². The molecular weight excluding hydrogens is 204 g/mol. The maximum Gasteiger partial charge on any atom is 0.0305 e. The molecule has 2 unspecified atom stereocenters. The lowest BCUT2D eigenvalue weighted by Gasteiger charge is -2.30. The summed E-state index contributed by atoms with van der Waals surface area (Å²) in [5.41, 5.74) is 1.43. The quantitative estimate of drug-likeness (QED) is 0.822. The van der Waals surface area contributed by atoms with Gasteiger partial charge in [-0.2, -0.15) is 0 Å². The smallest absolute Gasteiger partial charge is 0.0305 e. The first-order chi connectivity index (χ1) is 7.27. The molecule has 1 aromatic rings. The van der Waals surface area contributed by atoms with E-state index in [1.54, 1.807) is 0 Å². The van der Waals surface area contributed by atoms with Crippen LogP contribution >= 0.6 is 11.3 Å². The normalized spacial score (nSPS) is 26.8. The molecule has 1 aliphatic rings. The molecule has 0 aromatic carbocycles. The summed E-state index contributed by atoms with van der Waals surface area (Å²) < 4.78 is 0. The van der Waals surface area contributed by atoms with Crippen molar-refractivity contribution in [2.24, 2.45) is 5.92 Å². The highest BCUT2D eigenvalue weighted by molar-refractivity contribution is 7.10. The summed E-state index contributed by atoms with van der Waals surface area (Å²) >= 11 is 1.86. The van der Waals surface area contributed by atoms with Gasteiger partial charge in [0.2, 0.25) is 0 Å². The Kier molecular flexibility index (Phi) is 3.78. The van der Waals surface area contributed by atoms with Gasteiger partial charge < -0.3 is 10.6 Å². The largest absolute Gasteiger partial charge is 0.316 e. The molecule has 2 N–H and O–H groups in total. The van der Waals surface area contributed by atoms with Crippen molar-refractivity contribution in [2.45, 2.75) is 32.9 Å². The van der Waals surface area contributed by atoms with Crippen molar-refractivity contribution >= 4 is 11.3 Å². The van der Waals surface area contributed by atoms with Crippen molar-refractivity contribution in [1.29, 1.82) is 0 Å². The summed E-state index contributed by atoms with van der Waals surface area (Å²) in [6.45, 7) is 7.87. The highest BCUT2D eigenvalue weighted by atomic mass is 32.1. The Bertz CT molecular complexity index is 308. The van der Waals surface area contributed by atoms with Gasteiger partial charge in [0.25, 0.3) is 0 Å². The van der Waals surface area contributed by atoms with Gasteiger partial charge in [-0.05, 0) is 49.4 Å². The molecular formula is C12H20N2S. The van der Waals surface area contributed by atoms with Crippen LogP contribution < -0.4 is 10.6 Å². The van der Waals surface area contributed by atoms with E-state index in [1.807, 2.05) is 11.3 Å². The third-order valence-corrected chi connectivity index (χ3v) is 4.30. The molecule has 1 aliphatic heterocycles. The lowest BCUT2D eigenvalue weighted by molar-refractivity contribution is 0.296. The van der Waals surface area contributed by atoms with E-state index in [0.29, 0.717) is 6.04 Å². The van der Waals surface area contributed by atoms with E-state index in [-0.39, 0.29) is 0 Å². The summed E-state index contributed by atoms with van der Waals surface area (Å²) in [6, 6.07) is 2.89. The van der Waals surface area contributed by atoms with Gasteiger partial charge in [-0.25, -0.2) is 0 Å². The van der Waals surface area contributed by atoms with Crippen LogP contribution in [0.5, 0.6) is 0 Å². The molecule has 3 heteroatoms. The lowest BCUT2D eigenvalue weighted by Crippen LogP contribution is -2.45. The van der Waals surface area contributed by atoms with Crippen LogP contribution in [0.15, 0.2) is 11.4 Å². The van der Waals surface area contributed by atoms with Gasteiger partial charge in [0.1, 0.15) is 0 Å². The number of hydrogen-bond donors (Lipinski definition) is 2. The lowest BCUT2D eigenvalue weighted by atomic mass is 9.95. The zero-order valence-electron chi connectivity index (χ0n) is 9.55. The molecule has 0 radical (unpaired) electrons. The average Bonchev–Trinajstić information content (AvgIpc) is 2.63. The van der Waals surface area contributed by atoms with E-state index >= 15 is 0 Å². The number of hydrogen-bond acceptors (Lipinski definition) is 3. The van der Waals surface area contributed by atoms with Gasteiger partial charge in [0, 0.05) is 17.5 Å². The number of aryl methyl sites for hydroxylation is 1. The Morgan fingerprint density at radius 2 is 2.47 bits per heavy atom. The Morgan fingerprint density at radius 3 is 3.13 bits per heavy atom. The molecule has 0 saturated carbocycles.